The van der Waals surface area contributed by atoms with Crippen LogP contribution in [0.25, 0.3) is 0 Å². The van der Waals surface area contributed by atoms with E-state index < -0.39 is 14.8 Å². The molecule has 28 heavy (non-hydrogen) atoms. The number of benzene rings is 1. The number of anilines is 3. The van der Waals surface area contributed by atoms with Gasteiger partial charge in [-0.15, -0.1) is 0 Å². The van der Waals surface area contributed by atoms with Gasteiger partial charge in [-0.3, -0.25) is 9.52 Å². The summed E-state index contributed by atoms with van der Waals surface area (Å²) in [4.78, 5) is 12.1. The normalized spacial score (nSPS) is 15.3. The highest BCUT2D eigenvalue weighted by atomic mass is 79.9. The molecule has 0 atom stereocenters. The molecule has 0 radical (unpaired) electrons. The second-order valence-electron chi connectivity index (χ2n) is 6.91. The maximum Gasteiger partial charge on any atom is 0.252 e. The van der Waals surface area contributed by atoms with Crippen molar-refractivity contribution in [2.24, 2.45) is 7.05 Å². The minimum absolute atomic E-state index is 0.0496. The van der Waals surface area contributed by atoms with Gasteiger partial charge in [-0.2, -0.15) is 0 Å². The molecule has 2 aromatic rings. The summed E-state index contributed by atoms with van der Waals surface area (Å²) in [5, 5.41) is 12.5. The fourth-order valence-electron chi connectivity index (χ4n) is 3.00. The fourth-order valence-corrected chi connectivity index (χ4v) is 5.44. The van der Waals surface area contributed by atoms with Gasteiger partial charge in [0.25, 0.3) is 5.56 Å². The number of aliphatic hydroxyl groups excluding tert-OH is 1. The molecule has 0 saturated heterocycles. The van der Waals surface area contributed by atoms with Crippen molar-refractivity contribution in [3.63, 3.8) is 0 Å². The Morgan fingerprint density at radius 2 is 1.96 bits per heavy atom. The van der Waals surface area contributed by atoms with Crippen LogP contribution in [0.4, 0.5) is 17.1 Å². The predicted octanol–water partition coefficient (Wildman–Crippen LogP) is 3.59. The number of nitrogens with one attached hydrogen (secondary N) is 2. The fraction of sp³-hybridized carbons (Fsp3) is 0.389. The average Bonchev–Trinajstić information content (AvgIpc) is 3.41. The van der Waals surface area contributed by atoms with E-state index in [1.165, 1.54) is 16.8 Å². The van der Waals surface area contributed by atoms with Gasteiger partial charge in [0.2, 0.25) is 10.0 Å². The van der Waals surface area contributed by atoms with E-state index in [4.69, 9.17) is 16.7 Å². The first-order chi connectivity index (χ1) is 13.2. The second kappa shape index (κ2) is 8.06. The Balaban J connectivity index is 1.95. The second-order valence-corrected chi connectivity index (χ2v) is 10.3. The smallest absolute Gasteiger partial charge is 0.252 e. The number of hydrogen-bond donors (Lipinski definition) is 3. The van der Waals surface area contributed by atoms with Crippen LogP contribution in [0.1, 0.15) is 25.7 Å². The van der Waals surface area contributed by atoms with Gasteiger partial charge in [0.15, 0.2) is 0 Å². The van der Waals surface area contributed by atoms with E-state index in [9.17, 15) is 13.2 Å². The van der Waals surface area contributed by atoms with Crippen molar-refractivity contribution in [1.82, 2.24) is 4.57 Å². The Morgan fingerprint density at radius 3 is 2.57 bits per heavy atom. The lowest BCUT2D eigenvalue weighted by atomic mass is 10.2. The van der Waals surface area contributed by atoms with Crippen molar-refractivity contribution in [2.75, 3.05) is 16.6 Å². The molecule has 0 spiro atoms. The number of nitrogens with zero attached hydrogens (tertiary/aromatic N) is 1. The van der Waals surface area contributed by atoms with E-state index in [1.807, 2.05) is 0 Å². The third-order valence-electron chi connectivity index (χ3n) is 4.84. The van der Waals surface area contributed by atoms with E-state index in [0.29, 0.717) is 42.1 Å². The molecule has 10 heteroatoms. The van der Waals surface area contributed by atoms with Crippen molar-refractivity contribution in [1.29, 1.82) is 0 Å². The Bertz CT molecular complexity index is 1050. The highest BCUT2D eigenvalue weighted by Crippen LogP contribution is 2.48. The third kappa shape index (κ3) is 4.37. The van der Waals surface area contributed by atoms with Crippen LogP contribution in [-0.4, -0.2) is 29.4 Å². The standard InChI is InChI=1S/C18H21BrClN3O4S/c1-23-11-16(22-28(26,27)18(6-7-18)5-2-8-24)15(10-17(23)25)21-14-4-3-12(19)9-13(14)20/h3-4,9-11,21-22,24H,2,5-8H2,1H3. The highest BCUT2D eigenvalue weighted by molar-refractivity contribution is 9.10. The Hall–Kier alpha value is -1.55. The molecular weight excluding hydrogens is 470 g/mol. The summed E-state index contributed by atoms with van der Waals surface area (Å²) in [6.45, 7) is -0.0496. The van der Waals surface area contributed by atoms with Crippen LogP contribution >= 0.6 is 27.5 Å². The van der Waals surface area contributed by atoms with Gasteiger partial charge in [-0.05, 0) is 43.9 Å². The Labute approximate surface area is 176 Å². The summed E-state index contributed by atoms with van der Waals surface area (Å²) in [6.07, 6.45) is 3.36. The molecule has 0 aliphatic heterocycles. The van der Waals surface area contributed by atoms with Crippen molar-refractivity contribution < 1.29 is 13.5 Å². The van der Waals surface area contributed by atoms with Gasteiger partial charge >= 0.3 is 0 Å². The van der Waals surface area contributed by atoms with Crippen molar-refractivity contribution in [3.8, 4) is 0 Å². The zero-order valence-corrected chi connectivity index (χ0v) is 18.4. The molecule has 1 aliphatic carbocycles. The number of rotatable bonds is 8. The maximum absolute atomic E-state index is 13.0. The van der Waals surface area contributed by atoms with E-state index in [2.05, 4.69) is 26.0 Å². The Kier molecular flexibility index (Phi) is 6.09. The monoisotopic (exact) mass is 489 g/mol. The molecule has 1 fully saturated rings. The number of aliphatic hydroxyl groups is 1. The first kappa shape index (κ1) is 21.2. The van der Waals surface area contributed by atoms with E-state index >= 15 is 0 Å². The third-order valence-corrected chi connectivity index (χ3v) is 7.89. The quantitative estimate of drug-likeness (QED) is 0.525. The summed E-state index contributed by atoms with van der Waals surface area (Å²) in [7, 11) is -2.14. The van der Waals surface area contributed by atoms with Crippen molar-refractivity contribution in [2.45, 2.75) is 30.4 Å². The molecule has 7 nitrogen and oxygen atoms in total. The summed E-state index contributed by atoms with van der Waals surface area (Å²) >= 11 is 9.57. The molecule has 1 heterocycles. The van der Waals surface area contributed by atoms with Crippen LogP contribution in [-0.2, 0) is 17.1 Å². The summed E-state index contributed by atoms with van der Waals surface area (Å²) in [5.74, 6) is 0. The lowest BCUT2D eigenvalue weighted by Crippen LogP contribution is -2.31. The lowest BCUT2D eigenvalue weighted by molar-refractivity contribution is 0.282. The molecule has 1 saturated carbocycles. The largest absolute Gasteiger partial charge is 0.396 e. The average molecular weight is 491 g/mol. The molecule has 3 rings (SSSR count). The zero-order valence-electron chi connectivity index (χ0n) is 15.2. The van der Waals surface area contributed by atoms with Crippen LogP contribution in [0.3, 0.4) is 0 Å². The van der Waals surface area contributed by atoms with E-state index in [0.717, 1.165) is 4.47 Å². The van der Waals surface area contributed by atoms with Gasteiger partial charge in [-0.1, -0.05) is 27.5 Å². The van der Waals surface area contributed by atoms with Crippen LogP contribution in [0.15, 0.2) is 39.7 Å². The maximum atomic E-state index is 13.0. The number of aryl methyl sites for hydroxylation is 1. The SMILES string of the molecule is Cn1cc(NS(=O)(=O)C2(CCCO)CC2)c(Nc2ccc(Br)cc2Cl)cc1=O. The highest BCUT2D eigenvalue weighted by Gasteiger charge is 2.54. The minimum Gasteiger partial charge on any atom is -0.396 e. The lowest BCUT2D eigenvalue weighted by Gasteiger charge is -2.20. The first-order valence-corrected chi connectivity index (χ1v) is 11.4. The van der Waals surface area contributed by atoms with Crippen LogP contribution in [0.2, 0.25) is 5.02 Å². The number of aromatic nitrogens is 1. The molecule has 1 aliphatic rings. The topological polar surface area (TPSA) is 100 Å². The molecule has 0 bridgehead atoms. The van der Waals surface area contributed by atoms with E-state index in [-0.39, 0.29) is 17.9 Å². The predicted molar refractivity (Wildman–Crippen MR) is 115 cm³/mol. The molecule has 0 amide bonds. The molecule has 3 N–H and O–H groups in total. The number of hydrogen-bond acceptors (Lipinski definition) is 5. The van der Waals surface area contributed by atoms with Gasteiger partial charge in [0, 0.05) is 30.4 Å². The number of pyridine rings is 1. The molecule has 1 aromatic heterocycles. The molecule has 152 valence electrons. The Morgan fingerprint density at radius 1 is 1.25 bits per heavy atom. The number of sulfonamides is 1. The zero-order chi connectivity index (χ0) is 20.5. The van der Waals surface area contributed by atoms with Gasteiger partial charge in [0.05, 0.1) is 26.8 Å². The van der Waals surface area contributed by atoms with Gasteiger partial charge in [0.1, 0.15) is 0 Å². The molecular formula is C18H21BrClN3O4S. The summed E-state index contributed by atoms with van der Waals surface area (Å²) in [5.41, 5.74) is 0.824. The van der Waals surface area contributed by atoms with Crippen LogP contribution < -0.4 is 15.6 Å². The first-order valence-electron chi connectivity index (χ1n) is 8.73. The van der Waals surface area contributed by atoms with Crippen molar-refractivity contribution in [3.05, 3.63) is 50.3 Å². The van der Waals surface area contributed by atoms with Gasteiger partial charge < -0.3 is 15.0 Å². The van der Waals surface area contributed by atoms with Crippen molar-refractivity contribution >= 4 is 54.6 Å². The summed E-state index contributed by atoms with van der Waals surface area (Å²) in [6, 6.07) is 6.53. The minimum atomic E-state index is -3.69. The van der Waals surface area contributed by atoms with E-state index in [1.54, 1.807) is 25.2 Å². The van der Waals surface area contributed by atoms with Gasteiger partial charge in [-0.25, -0.2) is 8.42 Å². The number of halogens is 2. The van der Waals surface area contributed by atoms with Crippen LogP contribution in [0.5, 0.6) is 0 Å². The molecule has 1 aromatic carbocycles. The summed E-state index contributed by atoms with van der Waals surface area (Å²) < 4.78 is 29.8. The molecule has 0 unspecified atom stereocenters. The van der Waals surface area contributed by atoms with Crippen LogP contribution in [0, 0.1) is 0 Å².